The molecule has 0 amide bonds. The van der Waals surface area contributed by atoms with E-state index in [2.05, 4.69) is 10.1 Å². The van der Waals surface area contributed by atoms with Crippen LogP contribution in [0.5, 0.6) is 11.5 Å². The standard InChI is InChI=1S/C13H16N2O2/c1-2-6-15(7-3-1)14-9-11-4-5-12-13(8-11)17-10-16-12/h4-5,8-9H,1-3,6-7,10H2/b14-9-. The Hall–Kier alpha value is -1.71. The molecule has 17 heavy (non-hydrogen) atoms. The normalized spacial score (nSPS) is 18.9. The fourth-order valence-corrected chi connectivity index (χ4v) is 2.13. The van der Waals surface area contributed by atoms with Crippen molar-refractivity contribution in [1.82, 2.24) is 5.01 Å². The van der Waals surface area contributed by atoms with Crippen LogP contribution in [0.3, 0.4) is 0 Å². The average molecular weight is 232 g/mol. The van der Waals surface area contributed by atoms with Crippen LogP contribution in [0.2, 0.25) is 0 Å². The smallest absolute Gasteiger partial charge is 0.231 e. The molecule has 1 aromatic rings. The Balaban J connectivity index is 1.69. The van der Waals surface area contributed by atoms with E-state index in [1.165, 1.54) is 19.3 Å². The first-order valence-corrected chi connectivity index (χ1v) is 6.10. The van der Waals surface area contributed by atoms with Crippen LogP contribution in [-0.4, -0.2) is 31.1 Å². The highest BCUT2D eigenvalue weighted by atomic mass is 16.7. The van der Waals surface area contributed by atoms with Crippen molar-refractivity contribution in [3.8, 4) is 11.5 Å². The van der Waals surface area contributed by atoms with Crippen LogP contribution in [0.1, 0.15) is 24.8 Å². The molecule has 0 saturated carbocycles. The second-order valence-corrected chi connectivity index (χ2v) is 4.37. The minimum absolute atomic E-state index is 0.321. The first-order chi connectivity index (χ1) is 8.42. The fourth-order valence-electron chi connectivity index (χ4n) is 2.13. The van der Waals surface area contributed by atoms with Gasteiger partial charge in [0, 0.05) is 13.1 Å². The fraction of sp³-hybridized carbons (Fsp3) is 0.462. The molecule has 3 rings (SSSR count). The second-order valence-electron chi connectivity index (χ2n) is 4.37. The molecule has 1 aromatic carbocycles. The molecule has 4 nitrogen and oxygen atoms in total. The van der Waals surface area contributed by atoms with Crippen molar-refractivity contribution in [1.29, 1.82) is 0 Å². The number of hydrogen-bond acceptors (Lipinski definition) is 4. The number of nitrogens with zero attached hydrogens (tertiary/aromatic N) is 2. The first kappa shape index (κ1) is 10.4. The zero-order valence-electron chi connectivity index (χ0n) is 9.76. The number of benzene rings is 1. The van der Waals surface area contributed by atoms with Crippen LogP contribution in [0.4, 0.5) is 0 Å². The Kier molecular flexibility index (Phi) is 2.86. The zero-order valence-corrected chi connectivity index (χ0v) is 9.76. The van der Waals surface area contributed by atoms with E-state index >= 15 is 0 Å². The quantitative estimate of drug-likeness (QED) is 0.733. The van der Waals surface area contributed by atoms with Gasteiger partial charge in [0.25, 0.3) is 0 Å². The number of piperidine rings is 1. The van der Waals surface area contributed by atoms with E-state index in [0.717, 1.165) is 30.2 Å². The van der Waals surface area contributed by atoms with Crippen LogP contribution in [-0.2, 0) is 0 Å². The molecule has 2 aliphatic heterocycles. The minimum atomic E-state index is 0.321. The largest absolute Gasteiger partial charge is 0.454 e. The Bertz CT molecular complexity index is 425. The number of hydrazone groups is 1. The summed E-state index contributed by atoms with van der Waals surface area (Å²) in [7, 11) is 0. The summed E-state index contributed by atoms with van der Waals surface area (Å²) in [6, 6.07) is 5.90. The molecule has 0 aliphatic carbocycles. The van der Waals surface area contributed by atoms with Gasteiger partial charge in [0.1, 0.15) is 0 Å². The van der Waals surface area contributed by atoms with Crippen LogP contribution in [0.15, 0.2) is 23.3 Å². The summed E-state index contributed by atoms with van der Waals surface area (Å²) in [5, 5.41) is 6.62. The molecule has 0 atom stereocenters. The van der Waals surface area contributed by atoms with Crippen molar-refractivity contribution in [2.24, 2.45) is 5.10 Å². The lowest BCUT2D eigenvalue weighted by molar-refractivity contribution is 0.174. The molecule has 0 aromatic heterocycles. The van der Waals surface area contributed by atoms with Gasteiger partial charge in [-0.05, 0) is 43.0 Å². The van der Waals surface area contributed by atoms with E-state index in [0.29, 0.717) is 6.79 Å². The van der Waals surface area contributed by atoms with Gasteiger partial charge in [-0.1, -0.05) is 0 Å². The van der Waals surface area contributed by atoms with E-state index in [9.17, 15) is 0 Å². The molecule has 2 aliphatic rings. The SMILES string of the molecule is C(=N/N1CCCCC1)/c1ccc2c(c1)OCO2. The van der Waals surface area contributed by atoms with Gasteiger partial charge in [0.2, 0.25) is 6.79 Å². The lowest BCUT2D eigenvalue weighted by Crippen LogP contribution is -2.24. The summed E-state index contributed by atoms with van der Waals surface area (Å²) >= 11 is 0. The molecular weight excluding hydrogens is 216 g/mol. The molecule has 0 spiro atoms. The molecular formula is C13H16N2O2. The highest BCUT2D eigenvalue weighted by molar-refractivity contribution is 5.80. The van der Waals surface area contributed by atoms with Crippen molar-refractivity contribution in [2.75, 3.05) is 19.9 Å². The average Bonchev–Trinajstić information content (AvgIpc) is 2.85. The topological polar surface area (TPSA) is 34.1 Å². The maximum Gasteiger partial charge on any atom is 0.231 e. The van der Waals surface area contributed by atoms with E-state index in [1.807, 2.05) is 24.4 Å². The number of hydrogen-bond donors (Lipinski definition) is 0. The Morgan fingerprint density at radius 1 is 1.06 bits per heavy atom. The third-order valence-electron chi connectivity index (χ3n) is 3.10. The van der Waals surface area contributed by atoms with Crippen molar-refractivity contribution in [3.05, 3.63) is 23.8 Å². The van der Waals surface area contributed by atoms with Gasteiger partial charge >= 0.3 is 0 Å². The maximum atomic E-state index is 5.33. The van der Waals surface area contributed by atoms with Gasteiger partial charge in [-0.3, -0.25) is 5.01 Å². The Morgan fingerprint density at radius 2 is 1.88 bits per heavy atom. The lowest BCUT2D eigenvalue weighted by atomic mass is 10.2. The predicted octanol–water partition coefficient (Wildman–Crippen LogP) is 2.24. The van der Waals surface area contributed by atoms with Gasteiger partial charge in [-0.25, -0.2) is 0 Å². The minimum Gasteiger partial charge on any atom is -0.454 e. The molecule has 0 unspecified atom stereocenters. The molecule has 0 N–H and O–H groups in total. The van der Waals surface area contributed by atoms with Gasteiger partial charge in [-0.2, -0.15) is 5.10 Å². The van der Waals surface area contributed by atoms with Gasteiger partial charge in [-0.15, -0.1) is 0 Å². The number of rotatable bonds is 2. The summed E-state index contributed by atoms with van der Waals surface area (Å²) in [5.74, 6) is 1.63. The van der Waals surface area contributed by atoms with Gasteiger partial charge < -0.3 is 9.47 Å². The van der Waals surface area contributed by atoms with Gasteiger partial charge in [0.05, 0.1) is 6.21 Å². The molecule has 1 fully saturated rings. The van der Waals surface area contributed by atoms with E-state index in [4.69, 9.17) is 9.47 Å². The van der Waals surface area contributed by atoms with E-state index in [1.54, 1.807) is 0 Å². The molecule has 1 saturated heterocycles. The molecule has 4 heteroatoms. The molecule has 90 valence electrons. The summed E-state index contributed by atoms with van der Waals surface area (Å²) in [6.07, 6.45) is 5.72. The van der Waals surface area contributed by atoms with Crippen LogP contribution in [0, 0.1) is 0 Å². The summed E-state index contributed by atoms with van der Waals surface area (Å²) in [5.41, 5.74) is 1.06. The van der Waals surface area contributed by atoms with Crippen molar-refractivity contribution < 1.29 is 9.47 Å². The molecule has 2 heterocycles. The zero-order chi connectivity index (χ0) is 11.5. The molecule has 0 radical (unpaired) electrons. The van der Waals surface area contributed by atoms with Gasteiger partial charge in [0.15, 0.2) is 11.5 Å². The summed E-state index contributed by atoms with van der Waals surface area (Å²) in [4.78, 5) is 0. The maximum absolute atomic E-state index is 5.33. The number of fused-ring (bicyclic) bond motifs is 1. The van der Waals surface area contributed by atoms with E-state index < -0.39 is 0 Å². The monoisotopic (exact) mass is 232 g/mol. The summed E-state index contributed by atoms with van der Waals surface area (Å²) < 4.78 is 10.6. The van der Waals surface area contributed by atoms with E-state index in [-0.39, 0.29) is 0 Å². The highest BCUT2D eigenvalue weighted by Crippen LogP contribution is 2.32. The Morgan fingerprint density at radius 3 is 2.76 bits per heavy atom. The number of ether oxygens (including phenoxy) is 2. The van der Waals surface area contributed by atoms with Crippen LogP contribution < -0.4 is 9.47 Å². The molecule has 0 bridgehead atoms. The van der Waals surface area contributed by atoms with Crippen LogP contribution in [0.25, 0.3) is 0 Å². The van der Waals surface area contributed by atoms with Crippen molar-refractivity contribution in [3.63, 3.8) is 0 Å². The van der Waals surface area contributed by atoms with Crippen LogP contribution >= 0.6 is 0 Å². The third kappa shape index (κ3) is 2.35. The first-order valence-electron chi connectivity index (χ1n) is 6.10. The predicted molar refractivity (Wildman–Crippen MR) is 65.6 cm³/mol. The third-order valence-corrected chi connectivity index (χ3v) is 3.10. The van der Waals surface area contributed by atoms with Crippen molar-refractivity contribution in [2.45, 2.75) is 19.3 Å². The Labute approximate surface area is 101 Å². The summed E-state index contributed by atoms with van der Waals surface area (Å²) in [6.45, 7) is 2.46. The lowest BCUT2D eigenvalue weighted by Gasteiger charge is -2.23. The second kappa shape index (κ2) is 4.65. The highest BCUT2D eigenvalue weighted by Gasteiger charge is 2.12. The van der Waals surface area contributed by atoms with Crippen molar-refractivity contribution >= 4 is 6.21 Å².